The molecule has 1 rings (SSSR count). The van der Waals surface area contributed by atoms with Crippen LogP contribution in [-0.2, 0) is 5.88 Å². The Morgan fingerprint density at radius 1 is 1.55 bits per heavy atom. The summed E-state index contributed by atoms with van der Waals surface area (Å²) >= 11 is 5.76. The van der Waals surface area contributed by atoms with E-state index < -0.39 is 0 Å². The van der Waals surface area contributed by atoms with Gasteiger partial charge in [-0.15, -0.1) is 11.6 Å². The monoisotopic (exact) mass is 167 g/mol. The maximum atomic E-state index is 5.76. The van der Waals surface area contributed by atoms with Gasteiger partial charge in [-0.05, 0) is 23.1 Å². The molecule has 0 amide bonds. The van der Waals surface area contributed by atoms with Gasteiger partial charge in [-0.3, -0.25) is 0 Å². The van der Waals surface area contributed by atoms with Crippen molar-refractivity contribution in [1.82, 2.24) is 0 Å². The van der Waals surface area contributed by atoms with Crippen molar-refractivity contribution in [3.8, 4) is 0 Å². The van der Waals surface area contributed by atoms with E-state index in [1.807, 2.05) is 12.1 Å². The average Bonchev–Trinajstić information content (AvgIpc) is 2.04. The molecule has 11 heavy (non-hydrogen) atoms. The Bertz CT molecular complexity index is 228. The molecule has 1 aromatic rings. The first kappa shape index (κ1) is 8.61. The molecule has 1 radical (unpaired) electrons. The molecule has 0 aliphatic rings. The summed E-state index contributed by atoms with van der Waals surface area (Å²) < 4.78 is 0. The van der Waals surface area contributed by atoms with E-state index in [1.165, 1.54) is 11.1 Å². The Morgan fingerprint density at radius 3 is 2.73 bits per heavy atom. The molecule has 59 valence electrons. The molecule has 0 aromatic heterocycles. The lowest BCUT2D eigenvalue weighted by molar-refractivity contribution is 0.852. The van der Waals surface area contributed by atoms with Gasteiger partial charge >= 0.3 is 0 Å². The number of halogens is 1. The van der Waals surface area contributed by atoms with E-state index in [9.17, 15) is 0 Å². The fourth-order valence-corrected chi connectivity index (χ4v) is 1.37. The molecular formula is C10H12Cl. The van der Waals surface area contributed by atoms with Crippen molar-refractivity contribution >= 4 is 11.6 Å². The minimum absolute atomic E-state index is 0.518. The van der Waals surface area contributed by atoms with Gasteiger partial charge in [-0.25, -0.2) is 0 Å². The predicted octanol–water partition coefficient (Wildman–Crippen LogP) is 3.35. The highest BCUT2D eigenvalue weighted by Crippen LogP contribution is 2.19. The van der Waals surface area contributed by atoms with Crippen LogP contribution < -0.4 is 0 Å². The molecular weight excluding hydrogens is 156 g/mol. The highest BCUT2D eigenvalue weighted by molar-refractivity contribution is 6.17. The molecule has 0 spiro atoms. The van der Waals surface area contributed by atoms with E-state index in [4.69, 9.17) is 11.6 Å². The van der Waals surface area contributed by atoms with Crippen molar-refractivity contribution < 1.29 is 0 Å². The van der Waals surface area contributed by atoms with Crippen molar-refractivity contribution in [3.63, 3.8) is 0 Å². The highest BCUT2D eigenvalue weighted by Gasteiger charge is 2.03. The molecule has 0 N–H and O–H groups in total. The third kappa shape index (κ3) is 1.97. The second kappa shape index (κ2) is 3.77. The average molecular weight is 168 g/mol. The smallest absolute Gasteiger partial charge is 0.0477 e. The zero-order chi connectivity index (χ0) is 8.27. The Balaban J connectivity index is 3.02. The molecule has 0 saturated heterocycles. The molecule has 1 aromatic carbocycles. The standard InChI is InChI=1S/C10H12Cl/c1-8(2)10-6-4-3-5-9(10)7-11/h3-5,8H,7H2,1-2H3. The van der Waals surface area contributed by atoms with Crippen LogP contribution >= 0.6 is 11.6 Å². The number of hydrogen-bond acceptors (Lipinski definition) is 0. The molecule has 1 heteroatoms. The lowest BCUT2D eigenvalue weighted by Gasteiger charge is -2.08. The zero-order valence-electron chi connectivity index (χ0n) is 6.89. The van der Waals surface area contributed by atoms with Crippen LogP contribution in [0.5, 0.6) is 0 Å². The van der Waals surface area contributed by atoms with Crippen molar-refractivity contribution in [2.24, 2.45) is 0 Å². The Kier molecular flexibility index (Phi) is 2.95. The lowest BCUT2D eigenvalue weighted by Crippen LogP contribution is -1.93. The summed E-state index contributed by atoms with van der Waals surface area (Å²) in [7, 11) is 0. The van der Waals surface area contributed by atoms with Crippen molar-refractivity contribution in [2.45, 2.75) is 25.6 Å². The number of benzene rings is 1. The minimum atomic E-state index is 0.518. The van der Waals surface area contributed by atoms with Crippen LogP contribution in [0.4, 0.5) is 0 Å². The van der Waals surface area contributed by atoms with E-state index in [0.717, 1.165) is 0 Å². The summed E-state index contributed by atoms with van der Waals surface area (Å²) in [6, 6.07) is 9.17. The first-order valence-electron chi connectivity index (χ1n) is 3.81. The topological polar surface area (TPSA) is 0 Å². The van der Waals surface area contributed by atoms with Crippen LogP contribution in [0.1, 0.15) is 30.9 Å². The van der Waals surface area contributed by atoms with Crippen LogP contribution in [0.3, 0.4) is 0 Å². The van der Waals surface area contributed by atoms with Gasteiger partial charge in [0, 0.05) is 5.88 Å². The third-order valence-electron chi connectivity index (χ3n) is 1.70. The summed E-state index contributed by atoms with van der Waals surface area (Å²) in [5, 5.41) is 0. The zero-order valence-corrected chi connectivity index (χ0v) is 7.65. The highest BCUT2D eigenvalue weighted by atomic mass is 35.5. The van der Waals surface area contributed by atoms with Crippen LogP contribution in [-0.4, -0.2) is 0 Å². The maximum Gasteiger partial charge on any atom is 0.0477 e. The molecule has 0 bridgehead atoms. The largest absolute Gasteiger partial charge is 0.122 e. The van der Waals surface area contributed by atoms with E-state index >= 15 is 0 Å². The summed E-state index contributed by atoms with van der Waals surface area (Å²) in [6.45, 7) is 4.31. The molecule has 0 unspecified atom stereocenters. The molecule has 0 atom stereocenters. The molecule has 0 heterocycles. The van der Waals surface area contributed by atoms with Gasteiger partial charge in [0.2, 0.25) is 0 Å². The quantitative estimate of drug-likeness (QED) is 0.593. The lowest BCUT2D eigenvalue weighted by atomic mass is 9.98. The van der Waals surface area contributed by atoms with E-state index in [0.29, 0.717) is 11.8 Å². The fourth-order valence-electron chi connectivity index (χ4n) is 1.14. The van der Waals surface area contributed by atoms with E-state index in [2.05, 4.69) is 26.0 Å². The molecule has 0 aliphatic carbocycles. The first-order chi connectivity index (χ1) is 5.25. The van der Waals surface area contributed by atoms with Crippen LogP contribution in [0.15, 0.2) is 18.2 Å². The van der Waals surface area contributed by atoms with Gasteiger partial charge in [-0.1, -0.05) is 32.0 Å². The fraction of sp³-hybridized carbons (Fsp3) is 0.400. The second-order valence-electron chi connectivity index (χ2n) is 2.90. The summed E-state index contributed by atoms with van der Waals surface area (Å²) in [5.74, 6) is 1.11. The van der Waals surface area contributed by atoms with Gasteiger partial charge in [0.25, 0.3) is 0 Å². The third-order valence-corrected chi connectivity index (χ3v) is 1.99. The number of hydrogen-bond donors (Lipinski definition) is 0. The van der Waals surface area contributed by atoms with Crippen molar-refractivity contribution in [2.75, 3.05) is 0 Å². The predicted molar refractivity (Wildman–Crippen MR) is 48.9 cm³/mol. The van der Waals surface area contributed by atoms with Crippen molar-refractivity contribution in [3.05, 3.63) is 35.4 Å². The van der Waals surface area contributed by atoms with Gasteiger partial charge in [0.05, 0.1) is 0 Å². The minimum Gasteiger partial charge on any atom is -0.122 e. The summed E-state index contributed by atoms with van der Waals surface area (Å²) in [4.78, 5) is 0. The van der Waals surface area contributed by atoms with Crippen LogP contribution in [0.2, 0.25) is 0 Å². The van der Waals surface area contributed by atoms with E-state index in [1.54, 1.807) is 0 Å². The maximum absolute atomic E-state index is 5.76. The van der Waals surface area contributed by atoms with Crippen LogP contribution in [0, 0.1) is 6.07 Å². The molecule has 0 nitrogen and oxygen atoms in total. The SMILES string of the molecule is CC(C)c1[c]cccc1CCl. The van der Waals surface area contributed by atoms with Crippen LogP contribution in [0.25, 0.3) is 0 Å². The summed E-state index contributed by atoms with van der Waals surface area (Å²) in [5.41, 5.74) is 2.44. The first-order valence-corrected chi connectivity index (χ1v) is 4.34. The number of alkyl halides is 1. The van der Waals surface area contributed by atoms with Gasteiger partial charge < -0.3 is 0 Å². The Labute approximate surface area is 73.2 Å². The van der Waals surface area contributed by atoms with Gasteiger partial charge in [0.15, 0.2) is 0 Å². The number of rotatable bonds is 2. The van der Waals surface area contributed by atoms with Crippen molar-refractivity contribution in [1.29, 1.82) is 0 Å². The molecule has 0 aliphatic heterocycles. The van der Waals surface area contributed by atoms with Gasteiger partial charge in [0.1, 0.15) is 0 Å². The molecule has 0 saturated carbocycles. The Hall–Kier alpha value is -0.490. The normalized spacial score (nSPS) is 10.5. The van der Waals surface area contributed by atoms with Gasteiger partial charge in [-0.2, -0.15) is 0 Å². The summed E-state index contributed by atoms with van der Waals surface area (Å²) in [6.07, 6.45) is 0. The van der Waals surface area contributed by atoms with E-state index in [-0.39, 0.29) is 0 Å². The molecule has 0 fully saturated rings. The Morgan fingerprint density at radius 2 is 2.27 bits per heavy atom. The second-order valence-corrected chi connectivity index (χ2v) is 3.16.